The van der Waals surface area contributed by atoms with Crippen molar-refractivity contribution in [1.82, 2.24) is 0 Å². The van der Waals surface area contributed by atoms with Crippen LogP contribution in [0, 0.1) is 11.8 Å². The number of aldehydes is 1. The first-order valence-corrected chi connectivity index (χ1v) is 4.54. The molecule has 1 unspecified atom stereocenters. The van der Waals surface area contributed by atoms with E-state index in [1.54, 1.807) is 0 Å². The van der Waals surface area contributed by atoms with Gasteiger partial charge in [0.05, 0.1) is 0 Å². The molecule has 0 rings (SSSR count). The maximum Gasteiger partial charge on any atom is 0.135 e. The Morgan fingerprint density at radius 1 is 1.33 bits per heavy atom. The zero-order valence-corrected chi connectivity index (χ0v) is 8.17. The van der Waals surface area contributed by atoms with Crippen LogP contribution < -0.4 is 0 Å². The van der Waals surface area contributed by atoms with Crippen LogP contribution in [0.4, 0.5) is 0 Å². The normalized spacial score (nSPS) is 13.0. The van der Waals surface area contributed by atoms with Gasteiger partial charge >= 0.3 is 0 Å². The van der Waals surface area contributed by atoms with Crippen molar-refractivity contribution in [2.24, 2.45) is 11.8 Å². The molecule has 0 aromatic carbocycles. The van der Waals surface area contributed by atoms with E-state index in [1.807, 2.05) is 20.8 Å². The van der Waals surface area contributed by atoms with Crippen LogP contribution in [0.1, 0.15) is 40.0 Å². The minimum atomic E-state index is 0.0533. The molecule has 70 valence electrons. The van der Waals surface area contributed by atoms with Crippen LogP contribution in [0.15, 0.2) is 0 Å². The molecular weight excluding hydrogens is 152 g/mol. The lowest BCUT2D eigenvalue weighted by Crippen LogP contribution is -2.13. The molecular formula is C10H18O2. The van der Waals surface area contributed by atoms with Gasteiger partial charge in [0, 0.05) is 18.8 Å². The molecule has 0 spiro atoms. The molecule has 0 aromatic rings. The lowest BCUT2D eigenvalue weighted by atomic mass is 9.94. The van der Waals surface area contributed by atoms with E-state index in [1.165, 1.54) is 0 Å². The quantitative estimate of drug-likeness (QED) is 0.573. The molecule has 12 heavy (non-hydrogen) atoms. The molecule has 0 aliphatic heterocycles. The highest BCUT2D eigenvalue weighted by molar-refractivity contribution is 5.81. The Bertz CT molecular complexity index is 150. The number of Topliss-reactive ketones (excluding diaryl/α,β-unsaturated/α-hetero) is 1. The summed E-state index contributed by atoms with van der Waals surface area (Å²) in [4.78, 5) is 21.4. The summed E-state index contributed by atoms with van der Waals surface area (Å²) >= 11 is 0. The summed E-state index contributed by atoms with van der Waals surface area (Å²) in [5.74, 6) is 0.764. The van der Waals surface area contributed by atoms with Crippen LogP contribution in [0.2, 0.25) is 0 Å². The van der Waals surface area contributed by atoms with Crippen molar-refractivity contribution in [2.75, 3.05) is 0 Å². The Morgan fingerprint density at radius 3 is 2.33 bits per heavy atom. The van der Waals surface area contributed by atoms with Crippen LogP contribution >= 0.6 is 0 Å². The van der Waals surface area contributed by atoms with E-state index >= 15 is 0 Å². The molecule has 0 amide bonds. The van der Waals surface area contributed by atoms with Gasteiger partial charge in [-0.2, -0.15) is 0 Å². The Hall–Kier alpha value is -0.660. The summed E-state index contributed by atoms with van der Waals surface area (Å²) in [6, 6.07) is 0. The lowest BCUT2D eigenvalue weighted by molar-refractivity contribution is -0.123. The van der Waals surface area contributed by atoms with Crippen LogP contribution in [0.25, 0.3) is 0 Å². The molecule has 2 nitrogen and oxygen atoms in total. The monoisotopic (exact) mass is 170 g/mol. The first-order valence-electron chi connectivity index (χ1n) is 4.54. The van der Waals surface area contributed by atoms with Gasteiger partial charge in [0.25, 0.3) is 0 Å². The predicted octanol–water partition coefficient (Wildman–Crippen LogP) is 2.22. The SMILES string of the molecule is CC(C)CC(=O)C(C)CCC=O. The van der Waals surface area contributed by atoms with Gasteiger partial charge in [-0.15, -0.1) is 0 Å². The van der Waals surface area contributed by atoms with Crippen molar-refractivity contribution in [1.29, 1.82) is 0 Å². The lowest BCUT2D eigenvalue weighted by Gasteiger charge is -2.09. The van der Waals surface area contributed by atoms with Gasteiger partial charge in [0.2, 0.25) is 0 Å². The highest BCUT2D eigenvalue weighted by atomic mass is 16.1. The fraction of sp³-hybridized carbons (Fsp3) is 0.800. The van der Waals surface area contributed by atoms with E-state index < -0.39 is 0 Å². The van der Waals surface area contributed by atoms with Gasteiger partial charge in [-0.05, 0) is 12.3 Å². The second-order valence-corrected chi connectivity index (χ2v) is 3.71. The highest BCUT2D eigenvalue weighted by Gasteiger charge is 2.13. The minimum Gasteiger partial charge on any atom is -0.303 e. The van der Waals surface area contributed by atoms with E-state index in [0.29, 0.717) is 25.2 Å². The second-order valence-electron chi connectivity index (χ2n) is 3.71. The van der Waals surface area contributed by atoms with E-state index in [0.717, 1.165) is 6.29 Å². The minimum absolute atomic E-state index is 0.0533. The number of carbonyl (C=O) groups excluding carboxylic acids is 2. The summed E-state index contributed by atoms with van der Waals surface area (Å²) < 4.78 is 0. The number of ketones is 1. The van der Waals surface area contributed by atoms with Crippen LogP contribution in [-0.4, -0.2) is 12.1 Å². The zero-order valence-electron chi connectivity index (χ0n) is 8.17. The molecule has 0 aliphatic rings. The third-order valence-corrected chi connectivity index (χ3v) is 1.88. The number of hydrogen-bond acceptors (Lipinski definition) is 2. The predicted molar refractivity (Wildman–Crippen MR) is 48.9 cm³/mol. The molecule has 0 N–H and O–H groups in total. The van der Waals surface area contributed by atoms with E-state index in [-0.39, 0.29) is 11.7 Å². The third kappa shape index (κ3) is 5.05. The summed E-state index contributed by atoms with van der Waals surface area (Å²) in [5, 5.41) is 0. The highest BCUT2D eigenvalue weighted by Crippen LogP contribution is 2.11. The smallest absolute Gasteiger partial charge is 0.135 e. The fourth-order valence-electron chi connectivity index (χ4n) is 1.08. The summed E-state index contributed by atoms with van der Waals surface area (Å²) in [6.07, 6.45) is 2.72. The molecule has 0 bridgehead atoms. The van der Waals surface area contributed by atoms with Crippen LogP contribution in [0.5, 0.6) is 0 Å². The van der Waals surface area contributed by atoms with E-state index in [4.69, 9.17) is 0 Å². The number of hydrogen-bond donors (Lipinski definition) is 0. The molecule has 0 radical (unpaired) electrons. The Morgan fingerprint density at radius 2 is 1.92 bits per heavy atom. The van der Waals surface area contributed by atoms with Gasteiger partial charge in [0.15, 0.2) is 0 Å². The fourth-order valence-corrected chi connectivity index (χ4v) is 1.08. The van der Waals surface area contributed by atoms with Crippen molar-refractivity contribution < 1.29 is 9.59 Å². The topological polar surface area (TPSA) is 34.1 Å². The van der Waals surface area contributed by atoms with Gasteiger partial charge in [0.1, 0.15) is 12.1 Å². The first kappa shape index (κ1) is 11.3. The standard InChI is InChI=1S/C10H18O2/c1-8(2)7-10(12)9(3)5-4-6-11/h6,8-9H,4-5,7H2,1-3H3. The summed E-state index contributed by atoms with van der Waals surface area (Å²) in [5.41, 5.74) is 0. The average Bonchev–Trinajstić information content (AvgIpc) is 1.98. The van der Waals surface area contributed by atoms with Gasteiger partial charge in [-0.1, -0.05) is 20.8 Å². The van der Waals surface area contributed by atoms with Crippen molar-refractivity contribution in [3.05, 3.63) is 0 Å². The molecule has 0 heterocycles. The summed E-state index contributed by atoms with van der Waals surface area (Å²) in [7, 11) is 0. The van der Waals surface area contributed by atoms with Crippen molar-refractivity contribution in [3.63, 3.8) is 0 Å². The third-order valence-electron chi connectivity index (χ3n) is 1.88. The van der Waals surface area contributed by atoms with Gasteiger partial charge in [-0.25, -0.2) is 0 Å². The molecule has 0 saturated heterocycles. The van der Waals surface area contributed by atoms with Gasteiger partial charge < -0.3 is 4.79 Å². The molecule has 2 heteroatoms. The summed E-state index contributed by atoms with van der Waals surface area (Å²) in [6.45, 7) is 5.96. The zero-order chi connectivity index (χ0) is 9.56. The van der Waals surface area contributed by atoms with Crippen LogP contribution in [0.3, 0.4) is 0 Å². The maximum atomic E-state index is 11.3. The first-order chi connectivity index (χ1) is 5.57. The molecule has 0 fully saturated rings. The van der Waals surface area contributed by atoms with Crippen molar-refractivity contribution >= 4 is 12.1 Å². The Kier molecular flexibility index (Phi) is 5.60. The van der Waals surface area contributed by atoms with E-state index in [2.05, 4.69) is 0 Å². The van der Waals surface area contributed by atoms with E-state index in [9.17, 15) is 9.59 Å². The molecule has 0 saturated carbocycles. The van der Waals surface area contributed by atoms with Crippen molar-refractivity contribution in [2.45, 2.75) is 40.0 Å². The maximum absolute atomic E-state index is 11.3. The van der Waals surface area contributed by atoms with Crippen molar-refractivity contribution in [3.8, 4) is 0 Å². The molecule has 1 atom stereocenters. The number of rotatable bonds is 6. The largest absolute Gasteiger partial charge is 0.303 e. The van der Waals surface area contributed by atoms with Gasteiger partial charge in [-0.3, -0.25) is 4.79 Å². The molecule has 0 aliphatic carbocycles. The Balaban J connectivity index is 3.68. The van der Waals surface area contributed by atoms with Crippen LogP contribution in [-0.2, 0) is 9.59 Å². The number of carbonyl (C=O) groups is 2. The molecule has 0 aromatic heterocycles. The average molecular weight is 170 g/mol. The second kappa shape index (κ2) is 5.92. The Labute approximate surface area is 74.3 Å².